The molecule has 3 rings (SSSR count). The second-order valence-corrected chi connectivity index (χ2v) is 7.92. The molecule has 1 aromatic heterocycles. The van der Waals surface area contributed by atoms with Gasteiger partial charge in [-0.3, -0.25) is 14.5 Å². The third-order valence-electron chi connectivity index (χ3n) is 5.74. The van der Waals surface area contributed by atoms with Crippen LogP contribution in [-0.2, 0) is 22.6 Å². The van der Waals surface area contributed by atoms with Crippen molar-refractivity contribution in [3.05, 3.63) is 59.0 Å². The van der Waals surface area contributed by atoms with Gasteiger partial charge in [-0.1, -0.05) is 18.2 Å². The lowest BCUT2D eigenvalue weighted by atomic mass is 9.96. The van der Waals surface area contributed by atoms with Gasteiger partial charge in [-0.25, -0.2) is 9.37 Å². The molecule has 1 fully saturated rings. The number of amides is 2. The van der Waals surface area contributed by atoms with Gasteiger partial charge in [0.1, 0.15) is 11.6 Å². The number of halogens is 1. The molecule has 0 saturated carbocycles. The first-order valence-electron chi connectivity index (χ1n) is 10.0. The molecule has 5 N–H and O–H groups in total. The molecule has 8 heteroatoms. The van der Waals surface area contributed by atoms with Crippen molar-refractivity contribution in [3.63, 3.8) is 0 Å². The minimum Gasteiger partial charge on any atom is -0.384 e. The zero-order valence-electron chi connectivity index (χ0n) is 17.3. The summed E-state index contributed by atoms with van der Waals surface area (Å²) in [6.45, 7) is 4.52. The minimum atomic E-state index is -0.511. The third-order valence-corrected chi connectivity index (χ3v) is 5.74. The molecule has 30 heavy (non-hydrogen) atoms. The molecule has 0 radical (unpaired) electrons. The zero-order valence-corrected chi connectivity index (χ0v) is 17.3. The van der Waals surface area contributed by atoms with E-state index in [2.05, 4.69) is 10.3 Å². The molecule has 1 aliphatic heterocycles. The Labute approximate surface area is 175 Å². The number of rotatable bonds is 7. The SMILES string of the molecule is Cc1nc(N)ccc1CNC(=O)[C@H](C)N1CC(Cc2ccc(F)cc2)CC1C(N)=O. The minimum absolute atomic E-state index is 0.159. The summed E-state index contributed by atoms with van der Waals surface area (Å²) >= 11 is 0. The van der Waals surface area contributed by atoms with Crippen molar-refractivity contribution in [1.29, 1.82) is 0 Å². The van der Waals surface area contributed by atoms with E-state index in [1.165, 1.54) is 12.1 Å². The Morgan fingerprint density at radius 2 is 1.97 bits per heavy atom. The second-order valence-electron chi connectivity index (χ2n) is 7.92. The van der Waals surface area contributed by atoms with Gasteiger partial charge in [0.15, 0.2) is 0 Å². The van der Waals surface area contributed by atoms with Gasteiger partial charge in [-0.2, -0.15) is 0 Å². The van der Waals surface area contributed by atoms with Crippen molar-refractivity contribution in [3.8, 4) is 0 Å². The Bertz CT molecular complexity index is 918. The quantitative estimate of drug-likeness (QED) is 0.637. The van der Waals surface area contributed by atoms with Crippen LogP contribution >= 0.6 is 0 Å². The molecular weight excluding hydrogens is 385 g/mol. The number of aromatic nitrogens is 1. The van der Waals surface area contributed by atoms with Crippen LogP contribution in [0.5, 0.6) is 0 Å². The molecule has 0 aliphatic carbocycles. The lowest BCUT2D eigenvalue weighted by Gasteiger charge is -2.28. The van der Waals surface area contributed by atoms with Crippen molar-refractivity contribution < 1.29 is 14.0 Å². The molecule has 7 nitrogen and oxygen atoms in total. The maximum absolute atomic E-state index is 13.1. The van der Waals surface area contributed by atoms with Gasteiger partial charge < -0.3 is 16.8 Å². The summed E-state index contributed by atoms with van der Waals surface area (Å²) in [6.07, 6.45) is 1.27. The van der Waals surface area contributed by atoms with Crippen molar-refractivity contribution >= 4 is 17.6 Å². The number of carbonyl (C=O) groups excluding carboxylic acids is 2. The number of aryl methyl sites for hydroxylation is 1. The smallest absolute Gasteiger partial charge is 0.237 e. The topological polar surface area (TPSA) is 114 Å². The van der Waals surface area contributed by atoms with Gasteiger partial charge in [0.05, 0.1) is 12.1 Å². The van der Waals surface area contributed by atoms with E-state index in [9.17, 15) is 14.0 Å². The summed E-state index contributed by atoms with van der Waals surface area (Å²) < 4.78 is 13.1. The monoisotopic (exact) mass is 413 g/mol. The number of hydrogen-bond acceptors (Lipinski definition) is 5. The fraction of sp³-hybridized carbons (Fsp3) is 0.409. The number of pyridine rings is 1. The van der Waals surface area contributed by atoms with Crippen LogP contribution in [0.3, 0.4) is 0 Å². The Kier molecular flexibility index (Phi) is 6.66. The van der Waals surface area contributed by atoms with E-state index < -0.39 is 18.0 Å². The molecule has 1 aromatic carbocycles. The highest BCUT2D eigenvalue weighted by atomic mass is 19.1. The molecule has 2 heterocycles. The molecule has 2 aromatic rings. The lowest BCUT2D eigenvalue weighted by molar-refractivity contribution is -0.129. The van der Waals surface area contributed by atoms with E-state index >= 15 is 0 Å². The number of nitrogens with two attached hydrogens (primary N) is 2. The van der Waals surface area contributed by atoms with Crippen LogP contribution in [0.15, 0.2) is 36.4 Å². The van der Waals surface area contributed by atoms with Gasteiger partial charge in [0.2, 0.25) is 11.8 Å². The predicted octanol–water partition coefficient (Wildman–Crippen LogP) is 1.53. The number of nitrogen functional groups attached to an aromatic ring is 1. The van der Waals surface area contributed by atoms with Crippen molar-refractivity contribution in [2.45, 2.75) is 45.3 Å². The first-order chi connectivity index (χ1) is 14.2. The average molecular weight is 413 g/mol. The lowest BCUT2D eigenvalue weighted by Crippen LogP contribution is -2.51. The fourth-order valence-corrected chi connectivity index (χ4v) is 4.04. The number of hydrogen-bond donors (Lipinski definition) is 3. The summed E-state index contributed by atoms with van der Waals surface area (Å²) in [4.78, 5) is 30.8. The number of nitrogens with zero attached hydrogens (tertiary/aromatic N) is 2. The van der Waals surface area contributed by atoms with Crippen molar-refractivity contribution in [2.24, 2.45) is 11.7 Å². The Morgan fingerprint density at radius 1 is 1.27 bits per heavy atom. The molecule has 1 aliphatic rings. The van der Waals surface area contributed by atoms with Gasteiger partial charge >= 0.3 is 0 Å². The van der Waals surface area contributed by atoms with Gasteiger partial charge in [-0.05, 0) is 61.9 Å². The standard InChI is InChI=1S/C22H28FN5O2/c1-13-17(5-8-20(24)27-13)11-26-22(30)14(2)28-12-16(10-19(28)21(25)29)9-15-3-6-18(23)7-4-15/h3-8,14,16,19H,9-12H2,1-2H3,(H2,24,27)(H2,25,29)(H,26,30)/t14-,16?,19?/m0/s1. The molecule has 1 saturated heterocycles. The highest BCUT2D eigenvalue weighted by Crippen LogP contribution is 2.28. The van der Waals surface area contributed by atoms with Crippen LogP contribution in [-0.4, -0.2) is 40.3 Å². The molecular formula is C22H28FN5O2. The van der Waals surface area contributed by atoms with Crippen molar-refractivity contribution in [2.75, 3.05) is 12.3 Å². The molecule has 0 bridgehead atoms. The van der Waals surface area contributed by atoms with E-state index in [0.717, 1.165) is 16.8 Å². The van der Waals surface area contributed by atoms with E-state index in [1.807, 2.05) is 17.9 Å². The molecule has 2 unspecified atom stereocenters. The first kappa shape index (κ1) is 21.7. The van der Waals surface area contributed by atoms with E-state index in [1.54, 1.807) is 25.1 Å². The van der Waals surface area contributed by atoms with E-state index in [-0.39, 0.29) is 17.6 Å². The molecule has 0 spiro atoms. The number of nitrogens with one attached hydrogen (secondary N) is 1. The Hall–Kier alpha value is -3.00. The summed E-state index contributed by atoms with van der Waals surface area (Å²) in [5, 5.41) is 2.91. The van der Waals surface area contributed by atoms with Crippen LogP contribution in [0.25, 0.3) is 0 Å². The Morgan fingerprint density at radius 3 is 2.60 bits per heavy atom. The first-order valence-corrected chi connectivity index (χ1v) is 10.0. The fourth-order valence-electron chi connectivity index (χ4n) is 4.04. The van der Waals surface area contributed by atoms with Crippen LogP contribution in [0.1, 0.15) is 30.2 Å². The zero-order chi connectivity index (χ0) is 21.8. The van der Waals surface area contributed by atoms with Gasteiger partial charge in [-0.15, -0.1) is 0 Å². The highest BCUT2D eigenvalue weighted by Gasteiger charge is 2.40. The average Bonchev–Trinajstić information content (AvgIpc) is 3.12. The summed E-state index contributed by atoms with van der Waals surface area (Å²) in [5.41, 5.74) is 13.9. The van der Waals surface area contributed by atoms with Crippen LogP contribution in [0, 0.1) is 18.7 Å². The number of benzene rings is 1. The summed E-state index contributed by atoms with van der Waals surface area (Å²) in [5.74, 6) is -0.301. The molecule has 2 amide bonds. The van der Waals surface area contributed by atoms with E-state index in [0.29, 0.717) is 31.7 Å². The molecule has 160 valence electrons. The number of anilines is 1. The maximum Gasteiger partial charge on any atom is 0.237 e. The van der Waals surface area contributed by atoms with Crippen LogP contribution in [0.2, 0.25) is 0 Å². The second kappa shape index (κ2) is 9.21. The molecule has 3 atom stereocenters. The van der Waals surface area contributed by atoms with Gasteiger partial charge in [0, 0.05) is 18.8 Å². The maximum atomic E-state index is 13.1. The number of likely N-dealkylation sites (tertiary alicyclic amines) is 1. The Balaban J connectivity index is 1.63. The van der Waals surface area contributed by atoms with Crippen molar-refractivity contribution in [1.82, 2.24) is 15.2 Å². The van der Waals surface area contributed by atoms with E-state index in [4.69, 9.17) is 11.5 Å². The normalized spacial score (nSPS) is 20.1. The number of carbonyl (C=O) groups is 2. The van der Waals surface area contributed by atoms with Crippen LogP contribution in [0.4, 0.5) is 10.2 Å². The van der Waals surface area contributed by atoms with Gasteiger partial charge in [0.25, 0.3) is 0 Å². The van der Waals surface area contributed by atoms with Crippen LogP contribution < -0.4 is 16.8 Å². The largest absolute Gasteiger partial charge is 0.384 e. The predicted molar refractivity (Wildman–Crippen MR) is 113 cm³/mol. The number of primary amides is 1. The third kappa shape index (κ3) is 5.13. The summed E-state index contributed by atoms with van der Waals surface area (Å²) in [6, 6.07) is 8.87. The highest BCUT2D eigenvalue weighted by molar-refractivity contribution is 5.84. The summed E-state index contributed by atoms with van der Waals surface area (Å²) in [7, 11) is 0.